The van der Waals surface area contributed by atoms with Crippen molar-refractivity contribution in [3.63, 3.8) is 0 Å². The molecule has 4 heterocycles. The van der Waals surface area contributed by atoms with E-state index in [1.165, 1.54) is 0 Å². The molecule has 0 aliphatic carbocycles. The van der Waals surface area contributed by atoms with Gasteiger partial charge in [0.1, 0.15) is 11.8 Å². The molecule has 1 atom stereocenters. The summed E-state index contributed by atoms with van der Waals surface area (Å²) < 4.78 is 5.00. The van der Waals surface area contributed by atoms with Crippen molar-refractivity contribution in [2.24, 2.45) is 5.92 Å². The van der Waals surface area contributed by atoms with Crippen molar-refractivity contribution in [2.75, 3.05) is 13.1 Å². The van der Waals surface area contributed by atoms with Gasteiger partial charge in [-0.3, -0.25) is 14.6 Å². The molecule has 8 heteroatoms. The number of amides is 2. The number of rotatable bonds is 5. The van der Waals surface area contributed by atoms with Crippen molar-refractivity contribution in [1.82, 2.24) is 20.4 Å². The average molecular weight is 425 g/mol. The van der Waals surface area contributed by atoms with E-state index in [1.807, 2.05) is 36.6 Å². The molecule has 1 unspecified atom stereocenters. The van der Waals surface area contributed by atoms with Crippen molar-refractivity contribution in [3.8, 4) is 0 Å². The van der Waals surface area contributed by atoms with Crippen LogP contribution in [0.4, 0.5) is 0 Å². The fourth-order valence-corrected chi connectivity index (χ4v) is 4.54. The molecule has 2 amide bonds. The van der Waals surface area contributed by atoms with E-state index < -0.39 is 0 Å². The fourth-order valence-electron chi connectivity index (χ4n) is 3.76. The zero-order valence-corrected chi connectivity index (χ0v) is 17.8. The van der Waals surface area contributed by atoms with Gasteiger partial charge in [-0.15, -0.1) is 11.3 Å². The molecule has 1 aliphatic rings. The molecule has 30 heavy (non-hydrogen) atoms. The predicted molar refractivity (Wildman–Crippen MR) is 113 cm³/mol. The van der Waals surface area contributed by atoms with Gasteiger partial charge in [0.15, 0.2) is 5.69 Å². The SMILES string of the molecule is Cc1cc(C(=O)N2CCC(C(=O)NC(c3cccs3)c3ncccc3C)CC2)no1. The Kier molecular flexibility index (Phi) is 5.94. The summed E-state index contributed by atoms with van der Waals surface area (Å²) in [5.41, 5.74) is 2.22. The molecule has 7 nitrogen and oxygen atoms in total. The number of pyridine rings is 1. The summed E-state index contributed by atoms with van der Waals surface area (Å²) >= 11 is 1.60. The van der Waals surface area contributed by atoms with Gasteiger partial charge in [0, 0.05) is 36.1 Å². The second-order valence-electron chi connectivity index (χ2n) is 7.55. The number of piperidine rings is 1. The molecule has 3 aromatic rings. The molecule has 0 spiro atoms. The highest BCUT2D eigenvalue weighted by Gasteiger charge is 2.31. The molecule has 3 aromatic heterocycles. The van der Waals surface area contributed by atoms with Crippen LogP contribution in [0, 0.1) is 19.8 Å². The Bertz CT molecular complexity index is 1020. The Morgan fingerprint density at radius 2 is 2.03 bits per heavy atom. The molecule has 0 saturated carbocycles. The van der Waals surface area contributed by atoms with Crippen LogP contribution in [0.15, 0.2) is 46.4 Å². The molecule has 4 rings (SSSR count). The van der Waals surface area contributed by atoms with E-state index in [9.17, 15) is 9.59 Å². The van der Waals surface area contributed by atoms with Crippen molar-refractivity contribution < 1.29 is 14.1 Å². The number of carbonyl (C=O) groups excluding carboxylic acids is 2. The standard InChI is InChI=1S/C22H24N4O3S/c1-14-5-3-9-23-19(14)20(18-6-4-12-30-18)24-21(27)16-7-10-26(11-8-16)22(28)17-13-15(2)29-25-17/h3-6,9,12-13,16,20H,7-8,10-11H2,1-2H3,(H,24,27). The van der Waals surface area contributed by atoms with Gasteiger partial charge in [0.05, 0.1) is 5.69 Å². The van der Waals surface area contributed by atoms with Gasteiger partial charge in [0.2, 0.25) is 5.91 Å². The smallest absolute Gasteiger partial charge is 0.276 e. The Hall–Kier alpha value is -3.00. The van der Waals surface area contributed by atoms with Crippen molar-refractivity contribution >= 4 is 23.2 Å². The van der Waals surface area contributed by atoms with E-state index >= 15 is 0 Å². The first-order valence-electron chi connectivity index (χ1n) is 10.0. The third kappa shape index (κ3) is 4.28. The van der Waals surface area contributed by atoms with E-state index in [4.69, 9.17) is 4.52 Å². The maximum Gasteiger partial charge on any atom is 0.276 e. The highest BCUT2D eigenvalue weighted by Crippen LogP contribution is 2.28. The van der Waals surface area contributed by atoms with Gasteiger partial charge in [0.25, 0.3) is 5.91 Å². The second kappa shape index (κ2) is 8.79. The predicted octanol–water partition coefficient (Wildman–Crippen LogP) is 3.51. The summed E-state index contributed by atoms with van der Waals surface area (Å²) in [5, 5.41) is 9.01. The quantitative estimate of drug-likeness (QED) is 0.677. The van der Waals surface area contributed by atoms with Crippen LogP contribution in [-0.4, -0.2) is 39.9 Å². The summed E-state index contributed by atoms with van der Waals surface area (Å²) in [5.74, 6) is 0.325. The van der Waals surface area contributed by atoms with E-state index in [1.54, 1.807) is 35.4 Å². The lowest BCUT2D eigenvalue weighted by molar-refractivity contribution is -0.126. The maximum atomic E-state index is 13.1. The first-order valence-corrected chi connectivity index (χ1v) is 10.9. The lowest BCUT2D eigenvalue weighted by atomic mass is 9.94. The molecule has 1 fully saturated rings. The first-order chi connectivity index (χ1) is 14.5. The molecule has 1 aliphatic heterocycles. The van der Waals surface area contributed by atoms with Crippen LogP contribution in [0.1, 0.15) is 51.3 Å². The molecule has 0 bridgehead atoms. The van der Waals surface area contributed by atoms with E-state index in [-0.39, 0.29) is 23.8 Å². The number of nitrogens with one attached hydrogen (secondary N) is 1. The van der Waals surface area contributed by atoms with Crippen LogP contribution in [0.3, 0.4) is 0 Å². The van der Waals surface area contributed by atoms with Gasteiger partial charge < -0.3 is 14.7 Å². The number of likely N-dealkylation sites (tertiary alicyclic amines) is 1. The largest absolute Gasteiger partial charge is 0.361 e. The number of thiophene rings is 1. The van der Waals surface area contributed by atoms with Crippen LogP contribution in [-0.2, 0) is 4.79 Å². The van der Waals surface area contributed by atoms with Crippen molar-refractivity contribution in [2.45, 2.75) is 32.7 Å². The lowest BCUT2D eigenvalue weighted by Gasteiger charge is -2.31. The minimum Gasteiger partial charge on any atom is -0.361 e. The molecule has 0 aromatic carbocycles. The van der Waals surface area contributed by atoms with Crippen LogP contribution in [0.5, 0.6) is 0 Å². The third-order valence-electron chi connectivity index (χ3n) is 5.44. The summed E-state index contributed by atoms with van der Waals surface area (Å²) in [4.78, 5) is 32.9. The highest BCUT2D eigenvalue weighted by atomic mass is 32.1. The van der Waals surface area contributed by atoms with Crippen LogP contribution >= 0.6 is 11.3 Å². The Morgan fingerprint density at radius 3 is 2.67 bits per heavy atom. The minimum absolute atomic E-state index is 0.00262. The average Bonchev–Trinajstić information content (AvgIpc) is 3.44. The number of aromatic nitrogens is 2. The number of aryl methyl sites for hydroxylation is 2. The Labute approximate surface area is 179 Å². The van der Waals surface area contributed by atoms with Crippen molar-refractivity contribution in [1.29, 1.82) is 0 Å². The Balaban J connectivity index is 1.42. The second-order valence-corrected chi connectivity index (χ2v) is 8.53. The first kappa shape index (κ1) is 20.3. The lowest BCUT2D eigenvalue weighted by Crippen LogP contribution is -2.44. The normalized spacial score (nSPS) is 15.7. The third-order valence-corrected chi connectivity index (χ3v) is 6.37. The maximum absolute atomic E-state index is 13.1. The minimum atomic E-state index is -0.267. The monoisotopic (exact) mass is 424 g/mol. The fraction of sp³-hybridized carbons (Fsp3) is 0.364. The number of hydrogen-bond donors (Lipinski definition) is 1. The summed E-state index contributed by atoms with van der Waals surface area (Å²) in [7, 11) is 0. The molecule has 156 valence electrons. The number of nitrogens with zero attached hydrogens (tertiary/aromatic N) is 3. The highest BCUT2D eigenvalue weighted by molar-refractivity contribution is 7.10. The molecular formula is C22H24N4O3S. The summed E-state index contributed by atoms with van der Waals surface area (Å²) in [6, 6.07) is 9.27. The van der Waals surface area contributed by atoms with Gasteiger partial charge in [-0.2, -0.15) is 0 Å². The van der Waals surface area contributed by atoms with Crippen LogP contribution in [0.2, 0.25) is 0 Å². The Morgan fingerprint density at radius 1 is 1.23 bits per heavy atom. The molecule has 1 N–H and O–H groups in total. The van der Waals surface area contributed by atoms with Crippen molar-refractivity contribution in [3.05, 3.63) is 69.5 Å². The van der Waals surface area contributed by atoms with Gasteiger partial charge >= 0.3 is 0 Å². The zero-order chi connectivity index (χ0) is 21.1. The van der Waals surface area contributed by atoms with Gasteiger partial charge in [-0.1, -0.05) is 17.3 Å². The zero-order valence-electron chi connectivity index (χ0n) is 17.0. The molecular weight excluding hydrogens is 400 g/mol. The topological polar surface area (TPSA) is 88.3 Å². The van der Waals surface area contributed by atoms with E-state index in [0.29, 0.717) is 37.4 Å². The molecule has 0 radical (unpaired) electrons. The van der Waals surface area contributed by atoms with Gasteiger partial charge in [-0.05, 0) is 49.8 Å². The van der Waals surface area contributed by atoms with Crippen LogP contribution < -0.4 is 5.32 Å². The number of hydrogen-bond acceptors (Lipinski definition) is 6. The molecule has 1 saturated heterocycles. The van der Waals surface area contributed by atoms with Crippen LogP contribution in [0.25, 0.3) is 0 Å². The van der Waals surface area contributed by atoms with E-state index in [2.05, 4.69) is 15.5 Å². The number of carbonyl (C=O) groups is 2. The van der Waals surface area contributed by atoms with E-state index in [0.717, 1.165) is 16.1 Å². The summed E-state index contributed by atoms with van der Waals surface area (Å²) in [6.07, 6.45) is 2.99. The van der Waals surface area contributed by atoms with Gasteiger partial charge in [-0.25, -0.2) is 0 Å². The summed E-state index contributed by atoms with van der Waals surface area (Å²) in [6.45, 7) is 4.81.